The molecule has 1 amide bonds. The number of carbonyl (C=O) groups is 1. The molecule has 0 aromatic heterocycles. The lowest BCUT2D eigenvalue weighted by molar-refractivity contribution is -0.128. The Hall–Kier alpha value is -1.64. The van der Waals surface area contributed by atoms with Crippen molar-refractivity contribution in [1.29, 1.82) is 0 Å². The van der Waals surface area contributed by atoms with Crippen LogP contribution in [0, 0.1) is 5.41 Å². The lowest BCUT2D eigenvalue weighted by Crippen LogP contribution is -2.40. The van der Waals surface area contributed by atoms with E-state index >= 15 is 0 Å². The van der Waals surface area contributed by atoms with Gasteiger partial charge >= 0.3 is 0 Å². The normalized spacial score (nSPS) is 16.4. The molecule has 0 spiro atoms. The van der Waals surface area contributed by atoms with Crippen LogP contribution in [-0.2, 0) is 19.6 Å². The van der Waals surface area contributed by atoms with Crippen molar-refractivity contribution in [3.05, 3.63) is 24.3 Å². The van der Waals surface area contributed by atoms with Gasteiger partial charge in [0.15, 0.2) is 0 Å². The van der Waals surface area contributed by atoms with Crippen LogP contribution in [0.4, 0.5) is 0 Å². The molecule has 0 radical (unpaired) electrons. The van der Waals surface area contributed by atoms with Gasteiger partial charge in [-0.1, -0.05) is 20.8 Å². The average molecular weight is 370 g/mol. The standard InChI is InChI=1S/C17H26N2O5S/c1-17(2,3)16(20)18-8-11-24-14-4-6-15(7-5-14)25(21,22)19-9-12-23-13-10-19/h4-7H,8-13H2,1-3H3,(H,18,20). The molecule has 25 heavy (non-hydrogen) atoms. The smallest absolute Gasteiger partial charge is 0.243 e. The van der Waals surface area contributed by atoms with Crippen LogP contribution in [0.1, 0.15) is 20.8 Å². The first kappa shape index (κ1) is 19.7. The largest absolute Gasteiger partial charge is 0.492 e. The van der Waals surface area contributed by atoms with Crippen molar-refractivity contribution in [2.75, 3.05) is 39.5 Å². The Morgan fingerprint density at radius 1 is 1.20 bits per heavy atom. The molecule has 0 unspecified atom stereocenters. The number of morpholine rings is 1. The number of rotatable bonds is 6. The third-order valence-corrected chi connectivity index (χ3v) is 5.68. The molecule has 7 nitrogen and oxygen atoms in total. The number of ether oxygens (including phenoxy) is 2. The van der Waals surface area contributed by atoms with Crippen molar-refractivity contribution < 1.29 is 22.7 Å². The van der Waals surface area contributed by atoms with E-state index in [2.05, 4.69) is 5.32 Å². The van der Waals surface area contributed by atoms with Crippen LogP contribution in [0.3, 0.4) is 0 Å². The van der Waals surface area contributed by atoms with Crippen LogP contribution in [-0.4, -0.2) is 58.1 Å². The van der Waals surface area contributed by atoms with Crippen molar-refractivity contribution in [2.45, 2.75) is 25.7 Å². The van der Waals surface area contributed by atoms with Crippen LogP contribution < -0.4 is 10.1 Å². The predicted octanol–water partition coefficient (Wildman–Crippen LogP) is 1.25. The van der Waals surface area contributed by atoms with Gasteiger partial charge in [0.25, 0.3) is 0 Å². The average Bonchev–Trinajstić information content (AvgIpc) is 2.59. The topological polar surface area (TPSA) is 84.9 Å². The molecule has 0 saturated carbocycles. The van der Waals surface area contributed by atoms with Crippen molar-refractivity contribution in [3.63, 3.8) is 0 Å². The molecule has 1 N–H and O–H groups in total. The highest BCUT2D eigenvalue weighted by atomic mass is 32.2. The SMILES string of the molecule is CC(C)(C)C(=O)NCCOc1ccc(S(=O)(=O)N2CCOCC2)cc1. The van der Waals surface area contributed by atoms with Gasteiger partial charge in [0, 0.05) is 18.5 Å². The van der Waals surface area contributed by atoms with Crippen molar-refractivity contribution in [1.82, 2.24) is 9.62 Å². The summed E-state index contributed by atoms with van der Waals surface area (Å²) in [6.07, 6.45) is 0. The number of nitrogens with zero attached hydrogens (tertiary/aromatic N) is 1. The molecule has 0 aliphatic carbocycles. The second-order valence-electron chi connectivity index (χ2n) is 6.84. The van der Waals surface area contributed by atoms with E-state index in [4.69, 9.17) is 9.47 Å². The molecule has 2 rings (SSSR count). The van der Waals surface area contributed by atoms with Crippen LogP contribution in [0.2, 0.25) is 0 Å². The summed E-state index contributed by atoms with van der Waals surface area (Å²) in [4.78, 5) is 12.0. The fourth-order valence-electron chi connectivity index (χ4n) is 2.24. The summed E-state index contributed by atoms with van der Waals surface area (Å²) in [5.41, 5.74) is -0.435. The molecule has 1 aromatic carbocycles. The highest BCUT2D eigenvalue weighted by Gasteiger charge is 2.26. The minimum absolute atomic E-state index is 0.0388. The molecular formula is C17H26N2O5S. The van der Waals surface area contributed by atoms with Gasteiger partial charge in [-0.05, 0) is 24.3 Å². The Bertz CT molecular complexity index is 674. The first-order chi connectivity index (χ1) is 11.7. The molecule has 8 heteroatoms. The molecule has 0 atom stereocenters. The van der Waals surface area contributed by atoms with Crippen molar-refractivity contribution >= 4 is 15.9 Å². The van der Waals surface area contributed by atoms with Gasteiger partial charge in [-0.25, -0.2) is 8.42 Å². The van der Waals surface area contributed by atoms with Gasteiger partial charge in [-0.15, -0.1) is 0 Å². The van der Waals surface area contributed by atoms with E-state index in [-0.39, 0.29) is 10.8 Å². The summed E-state index contributed by atoms with van der Waals surface area (Å²) < 4.78 is 37.2. The third kappa shape index (κ3) is 5.42. The first-order valence-corrected chi connectivity index (χ1v) is 9.74. The van der Waals surface area contributed by atoms with E-state index in [0.717, 1.165) is 0 Å². The van der Waals surface area contributed by atoms with Gasteiger partial charge < -0.3 is 14.8 Å². The summed E-state index contributed by atoms with van der Waals surface area (Å²) in [6.45, 7) is 7.81. The van der Waals surface area contributed by atoms with Gasteiger partial charge in [0.05, 0.1) is 24.7 Å². The number of carbonyl (C=O) groups excluding carboxylic acids is 1. The molecule has 0 bridgehead atoms. The molecule has 1 aromatic rings. The van der Waals surface area contributed by atoms with Gasteiger partial charge in [0.2, 0.25) is 15.9 Å². The number of benzene rings is 1. The summed E-state index contributed by atoms with van der Waals surface area (Å²) in [5.74, 6) is 0.522. The number of hydrogen-bond acceptors (Lipinski definition) is 5. The predicted molar refractivity (Wildman–Crippen MR) is 94.0 cm³/mol. The van der Waals surface area contributed by atoms with E-state index in [0.29, 0.717) is 45.2 Å². The van der Waals surface area contributed by atoms with E-state index in [9.17, 15) is 13.2 Å². The zero-order chi connectivity index (χ0) is 18.5. The lowest BCUT2D eigenvalue weighted by atomic mass is 9.96. The molecule has 1 fully saturated rings. The molecule has 1 saturated heterocycles. The molecule has 1 aliphatic heterocycles. The molecule has 1 heterocycles. The zero-order valence-corrected chi connectivity index (χ0v) is 15.8. The maximum atomic E-state index is 12.5. The Labute approximate surface area is 149 Å². The monoisotopic (exact) mass is 370 g/mol. The Balaban J connectivity index is 1.86. The van der Waals surface area contributed by atoms with Crippen molar-refractivity contribution in [2.24, 2.45) is 5.41 Å². The maximum absolute atomic E-state index is 12.5. The van der Waals surface area contributed by atoms with Crippen LogP contribution in [0.5, 0.6) is 5.75 Å². The van der Waals surface area contributed by atoms with E-state index in [1.807, 2.05) is 20.8 Å². The Morgan fingerprint density at radius 2 is 1.80 bits per heavy atom. The van der Waals surface area contributed by atoms with E-state index < -0.39 is 15.4 Å². The van der Waals surface area contributed by atoms with Crippen LogP contribution in [0.25, 0.3) is 0 Å². The Kier molecular flexibility index (Phi) is 6.42. The Morgan fingerprint density at radius 3 is 2.36 bits per heavy atom. The highest BCUT2D eigenvalue weighted by Crippen LogP contribution is 2.20. The van der Waals surface area contributed by atoms with Crippen molar-refractivity contribution in [3.8, 4) is 5.75 Å². The molecule has 1 aliphatic rings. The van der Waals surface area contributed by atoms with Gasteiger partial charge in [0.1, 0.15) is 12.4 Å². The minimum Gasteiger partial charge on any atom is -0.492 e. The number of amides is 1. The van der Waals surface area contributed by atoms with Crippen LogP contribution >= 0.6 is 0 Å². The second-order valence-corrected chi connectivity index (χ2v) is 8.78. The zero-order valence-electron chi connectivity index (χ0n) is 14.9. The highest BCUT2D eigenvalue weighted by molar-refractivity contribution is 7.89. The maximum Gasteiger partial charge on any atom is 0.243 e. The van der Waals surface area contributed by atoms with Gasteiger partial charge in [-0.2, -0.15) is 4.31 Å². The first-order valence-electron chi connectivity index (χ1n) is 8.30. The summed E-state index contributed by atoms with van der Waals surface area (Å²) >= 11 is 0. The fraction of sp³-hybridized carbons (Fsp3) is 0.588. The number of nitrogens with one attached hydrogen (secondary N) is 1. The minimum atomic E-state index is -3.49. The van der Waals surface area contributed by atoms with Gasteiger partial charge in [-0.3, -0.25) is 4.79 Å². The second kappa shape index (κ2) is 8.16. The van der Waals surface area contributed by atoms with E-state index in [1.54, 1.807) is 12.1 Å². The van der Waals surface area contributed by atoms with E-state index in [1.165, 1.54) is 16.4 Å². The summed E-state index contributed by atoms with van der Waals surface area (Å²) in [6, 6.07) is 6.32. The third-order valence-electron chi connectivity index (χ3n) is 3.77. The quantitative estimate of drug-likeness (QED) is 0.762. The van der Waals surface area contributed by atoms with Crippen LogP contribution in [0.15, 0.2) is 29.2 Å². The lowest BCUT2D eigenvalue weighted by Gasteiger charge is -2.26. The molecular weight excluding hydrogens is 344 g/mol. The summed E-state index contributed by atoms with van der Waals surface area (Å²) in [5, 5.41) is 2.79. The fourth-order valence-corrected chi connectivity index (χ4v) is 3.65. The summed E-state index contributed by atoms with van der Waals surface area (Å²) in [7, 11) is -3.49. The molecule has 140 valence electrons. The number of sulfonamides is 1. The number of hydrogen-bond donors (Lipinski definition) is 1.